The first-order chi connectivity index (χ1) is 15.7. The molecule has 164 valence electrons. The molecule has 0 bridgehead atoms. The molecule has 0 radical (unpaired) electrons. The highest BCUT2D eigenvalue weighted by Crippen LogP contribution is 2.21. The van der Waals surface area contributed by atoms with Gasteiger partial charge in [0.1, 0.15) is 0 Å². The lowest BCUT2D eigenvalue weighted by atomic mass is 10.1. The fourth-order valence-electron chi connectivity index (χ4n) is 4.02. The van der Waals surface area contributed by atoms with E-state index in [1.54, 1.807) is 18.2 Å². The summed E-state index contributed by atoms with van der Waals surface area (Å²) in [5.74, 6) is -0.419. The summed E-state index contributed by atoms with van der Waals surface area (Å²) in [7, 11) is 0. The van der Waals surface area contributed by atoms with Gasteiger partial charge in [-0.1, -0.05) is 42.5 Å². The topological polar surface area (TPSA) is 61.4 Å². The molecule has 0 atom stereocenters. The molecule has 1 heterocycles. The highest BCUT2D eigenvalue weighted by molar-refractivity contribution is 6.09. The molecule has 2 amide bonds. The van der Waals surface area contributed by atoms with Gasteiger partial charge in [0, 0.05) is 30.9 Å². The van der Waals surface area contributed by atoms with Crippen molar-refractivity contribution >= 4 is 23.2 Å². The molecule has 1 aliphatic rings. The summed E-state index contributed by atoms with van der Waals surface area (Å²) in [4.78, 5) is 27.9. The summed E-state index contributed by atoms with van der Waals surface area (Å²) in [5, 5.41) is 5.85. The maximum absolute atomic E-state index is 12.8. The van der Waals surface area contributed by atoms with Crippen molar-refractivity contribution in [1.82, 2.24) is 5.32 Å². The maximum atomic E-state index is 12.8. The number of nitrogens with zero attached hydrogens (tertiary/aromatic N) is 1. The highest BCUT2D eigenvalue weighted by atomic mass is 16.2. The average Bonchev–Trinajstić information content (AvgIpc) is 2.85. The van der Waals surface area contributed by atoms with Gasteiger partial charge >= 0.3 is 0 Å². The summed E-state index contributed by atoms with van der Waals surface area (Å²) < 4.78 is 0. The van der Waals surface area contributed by atoms with Gasteiger partial charge in [0.05, 0.1) is 11.3 Å². The molecule has 5 nitrogen and oxygen atoms in total. The average molecular weight is 428 g/mol. The lowest BCUT2D eigenvalue weighted by Crippen LogP contribution is -2.29. The Labute approximate surface area is 189 Å². The zero-order valence-electron chi connectivity index (χ0n) is 18.2. The first-order valence-electron chi connectivity index (χ1n) is 11.3. The number of piperidine rings is 1. The van der Waals surface area contributed by atoms with E-state index in [1.165, 1.54) is 24.8 Å². The number of carbonyl (C=O) groups is 2. The standard InChI is InChI=1S/C27H29N3O2/c31-26(22-13-15-23(16-14-22)30-19-7-2-8-20-30)29-25-12-6-5-11-24(25)27(32)28-18-17-21-9-3-1-4-10-21/h1,3-6,9-16H,2,7-8,17-20H2,(H,28,32)(H,29,31). The molecule has 0 saturated carbocycles. The monoisotopic (exact) mass is 427 g/mol. The van der Waals surface area contributed by atoms with Gasteiger partial charge in [0.25, 0.3) is 11.8 Å². The molecule has 0 aliphatic carbocycles. The minimum atomic E-state index is -0.222. The number of carbonyl (C=O) groups excluding carboxylic acids is 2. The Hall–Kier alpha value is -3.60. The van der Waals surface area contributed by atoms with Crippen LogP contribution >= 0.6 is 0 Å². The molecule has 1 saturated heterocycles. The highest BCUT2D eigenvalue weighted by Gasteiger charge is 2.15. The van der Waals surface area contributed by atoms with E-state index in [0.717, 1.165) is 25.2 Å². The fourth-order valence-corrected chi connectivity index (χ4v) is 4.02. The Balaban J connectivity index is 1.37. The van der Waals surface area contributed by atoms with E-state index in [-0.39, 0.29) is 11.8 Å². The van der Waals surface area contributed by atoms with Crippen molar-refractivity contribution in [3.05, 3.63) is 95.6 Å². The minimum absolute atomic E-state index is 0.197. The number of amides is 2. The number of benzene rings is 3. The van der Waals surface area contributed by atoms with Gasteiger partial charge in [-0.15, -0.1) is 0 Å². The van der Waals surface area contributed by atoms with Gasteiger partial charge in [-0.2, -0.15) is 0 Å². The van der Waals surface area contributed by atoms with Gasteiger partial charge in [0.2, 0.25) is 0 Å². The number of hydrogen-bond acceptors (Lipinski definition) is 3. The lowest BCUT2D eigenvalue weighted by Gasteiger charge is -2.28. The van der Waals surface area contributed by atoms with Crippen LogP contribution < -0.4 is 15.5 Å². The largest absolute Gasteiger partial charge is 0.372 e. The van der Waals surface area contributed by atoms with Gasteiger partial charge < -0.3 is 15.5 Å². The molecule has 3 aromatic rings. The van der Waals surface area contributed by atoms with E-state index < -0.39 is 0 Å². The second-order valence-electron chi connectivity index (χ2n) is 8.09. The van der Waals surface area contributed by atoms with Crippen LogP contribution in [0.25, 0.3) is 0 Å². The normalized spacial score (nSPS) is 13.4. The third-order valence-corrected chi connectivity index (χ3v) is 5.81. The van der Waals surface area contributed by atoms with Crippen molar-refractivity contribution in [3.8, 4) is 0 Å². The molecule has 4 rings (SSSR count). The van der Waals surface area contributed by atoms with E-state index in [0.29, 0.717) is 23.4 Å². The predicted octanol–water partition coefficient (Wildman–Crippen LogP) is 4.90. The minimum Gasteiger partial charge on any atom is -0.372 e. The Morgan fingerprint density at radius 1 is 0.750 bits per heavy atom. The molecular formula is C27H29N3O2. The number of hydrogen-bond donors (Lipinski definition) is 2. The van der Waals surface area contributed by atoms with Gasteiger partial charge in [-0.3, -0.25) is 9.59 Å². The molecule has 32 heavy (non-hydrogen) atoms. The van der Waals surface area contributed by atoms with Crippen molar-refractivity contribution in [2.75, 3.05) is 29.9 Å². The second kappa shape index (κ2) is 10.6. The van der Waals surface area contributed by atoms with Crippen LogP contribution in [0, 0.1) is 0 Å². The van der Waals surface area contributed by atoms with Crippen molar-refractivity contribution in [2.24, 2.45) is 0 Å². The Bertz CT molecular complexity index is 1040. The quantitative estimate of drug-likeness (QED) is 0.564. The number of anilines is 2. The summed E-state index contributed by atoms with van der Waals surface area (Å²) in [6.45, 7) is 2.67. The van der Waals surface area contributed by atoms with Crippen LogP contribution in [0.1, 0.15) is 45.5 Å². The van der Waals surface area contributed by atoms with Crippen LogP contribution in [0.3, 0.4) is 0 Å². The summed E-state index contributed by atoms with van der Waals surface area (Å²) >= 11 is 0. The number of para-hydroxylation sites is 1. The van der Waals surface area contributed by atoms with E-state index in [9.17, 15) is 9.59 Å². The molecule has 0 unspecified atom stereocenters. The third kappa shape index (κ3) is 5.55. The van der Waals surface area contributed by atoms with Crippen LogP contribution in [0.2, 0.25) is 0 Å². The molecule has 5 heteroatoms. The Morgan fingerprint density at radius 2 is 1.44 bits per heavy atom. The smallest absolute Gasteiger partial charge is 0.255 e. The molecule has 3 aromatic carbocycles. The fraction of sp³-hybridized carbons (Fsp3) is 0.259. The van der Waals surface area contributed by atoms with Crippen LogP contribution in [-0.4, -0.2) is 31.4 Å². The first-order valence-corrected chi connectivity index (χ1v) is 11.3. The van der Waals surface area contributed by atoms with Crippen LogP contribution in [-0.2, 0) is 6.42 Å². The Kier molecular flexibility index (Phi) is 7.18. The van der Waals surface area contributed by atoms with Crippen molar-refractivity contribution in [2.45, 2.75) is 25.7 Å². The van der Waals surface area contributed by atoms with E-state index in [1.807, 2.05) is 60.7 Å². The van der Waals surface area contributed by atoms with E-state index in [2.05, 4.69) is 15.5 Å². The second-order valence-corrected chi connectivity index (χ2v) is 8.09. The molecular weight excluding hydrogens is 398 g/mol. The van der Waals surface area contributed by atoms with Crippen LogP contribution in [0.15, 0.2) is 78.9 Å². The van der Waals surface area contributed by atoms with E-state index >= 15 is 0 Å². The van der Waals surface area contributed by atoms with Crippen molar-refractivity contribution < 1.29 is 9.59 Å². The molecule has 2 N–H and O–H groups in total. The van der Waals surface area contributed by atoms with Crippen molar-refractivity contribution in [3.63, 3.8) is 0 Å². The molecule has 1 fully saturated rings. The van der Waals surface area contributed by atoms with Gasteiger partial charge in [0.15, 0.2) is 0 Å². The van der Waals surface area contributed by atoms with Crippen LogP contribution in [0.5, 0.6) is 0 Å². The molecule has 0 aromatic heterocycles. The van der Waals surface area contributed by atoms with Crippen molar-refractivity contribution in [1.29, 1.82) is 0 Å². The third-order valence-electron chi connectivity index (χ3n) is 5.81. The van der Waals surface area contributed by atoms with Crippen LogP contribution in [0.4, 0.5) is 11.4 Å². The molecule has 1 aliphatic heterocycles. The number of nitrogens with one attached hydrogen (secondary N) is 2. The predicted molar refractivity (Wildman–Crippen MR) is 129 cm³/mol. The zero-order chi connectivity index (χ0) is 22.2. The zero-order valence-corrected chi connectivity index (χ0v) is 18.2. The Morgan fingerprint density at radius 3 is 2.19 bits per heavy atom. The lowest BCUT2D eigenvalue weighted by molar-refractivity contribution is 0.0955. The van der Waals surface area contributed by atoms with Gasteiger partial charge in [-0.05, 0) is 67.6 Å². The first kappa shape index (κ1) is 21.6. The SMILES string of the molecule is O=C(Nc1ccccc1C(=O)NCCc1ccccc1)c1ccc(N2CCCCC2)cc1. The summed E-state index contributed by atoms with van der Waals surface area (Å²) in [6.07, 6.45) is 4.47. The summed E-state index contributed by atoms with van der Waals surface area (Å²) in [6, 6.07) is 24.8. The molecule has 0 spiro atoms. The maximum Gasteiger partial charge on any atom is 0.255 e. The van der Waals surface area contributed by atoms with E-state index in [4.69, 9.17) is 0 Å². The van der Waals surface area contributed by atoms with Gasteiger partial charge in [-0.25, -0.2) is 0 Å². The number of rotatable bonds is 7. The summed E-state index contributed by atoms with van der Waals surface area (Å²) in [5.41, 5.74) is 3.86.